The minimum atomic E-state index is -0.309. The Hall–Kier alpha value is -3.60. The van der Waals surface area contributed by atoms with Gasteiger partial charge in [-0.2, -0.15) is 0 Å². The highest BCUT2D eigenvalue weighted by Gasteiger charge is 2.44. The summed E-state index contributed by atoms with van der Waals surface area (Å²) in [6.45, 7) is 9.57. The fourth-order valence-corrected chi connectivity index (χ4v) is 4.87. The van der Waals surface area contributed by atoms with E-state index in [4.69, 9.17) is 0 Å². The van der Waals surface area contributed by atoms with Gasteiger partial charge >= 0.3 is 0 Å². The SMILES string of the molecule is CCCCC(CC)CN1C(C)=CC(=C2C(=O)N(c3ccccc3)N(c3ccccc3)C2=O)C=C1C. The van der Waals surface area contributed by atoms with Gasteiger partial charge in [0.1, 0.15) is 5.57 Å². The maximum absolute atomic E-state index is 13.8. The number of carbonyl (C=O) groups excluding carboxylic acids is 2. The quantitative estimate of drug-likeness (QED) is 0.322. The number of anilines is 2. The number of allylic oxidation sites excluding steroid dienone is 5. The topological polar surface area (TPSA) is 43.9 Å². The van der Waals surface area contributed by atoms with E-state index in [1.807, 2.05) is 72.8 Å². The third-order valence-electron chi connectivity index (χ3n) is 6.87. The summed E-state index contributed by atoms with van der Waals surface area (Å²) in [6, 6.07) is 18.7. The van der Waals surface area contributed by atoms with Gasteiger partial charge in [-0.15, -0.1) is 0 Å². The fraction of sp³-hybridized carbons (Fsp3) is 0.333. The zero-order chi connectivity index (χ0) is 24.9. The summed E-state index contributed by atoms with van der Waals surface area (Å²) >= 11 is 0. The molecule has 4 rings (SSSR count). The highest BCUT2D eigenvalue weighted by Crippen LogP contribution is 2.35. The lowest BCUT2D eigenvalue weighted by Crippen LogP contribution is -2.41. The highest BCUT2D eigenvalue weighted by atomic mass is 16.2. The van der Waals surface area contributed by atoms with Crippen molar-refractivity contribution in [2.75, 3.05) is 16.6 Å². The molecule has 1 atom stereocenters. The number of unbranched alkanes of at least 4 members (excludes halogenated alkanes) is 1. The molecule has 0 spiro atoms. The minimum absolute atomic E-state index is 0.203. The number of benzene rings is 2. The molecular weight excluding hydrogens is 434 g/mol. The van der Waals surface area contributed by atoms with E-state index >= 15 is 0 Å². The zero-order valence-electron chi connectivity index (χ0n) is 21.2. The van der Waals surface area contributed by atoms with Crippen LogP contribution in [0.25, 0.3) is 0 Å². The Balaban J connectivity index is 1.73. The normalized spacial score (nSPS) is 17.2. The van der Waals surface area contributed by atoms with Crippen LogP contribution in [0, 0.1) is 5.92 Å². The van der Waals surface area contributed by atoms with Crippen LogP contribution in [0.2, 0.25) is 0 Å². The number of rotatable bonds is 8. The van der Waals surface area contributed by atoms with Crippen molar-refractivity contribution >= 4 is 23.2 Å². The van der Waals surface area contributed by atoms with Crippen LogP contribution in [-0.4, -0.2) is 23.3 Å². The lowest BCUT2D eigenvalue weighted by atomic mass is 9.96. The molecule has 5 nitrogen and oxygen atoms in total. The van der Waals surface area contributed by atoms with E-state index in [1.54, 1.807) is 0 Å². The monoisotopic (exact) mass is 469 g/mol. The first-order chi connectivity index (χ1) is 17.0. The highest BCUT2D eigenvalue weighted by molar-refractivity contribution is 6.36. The average molecular weight is 470 g/mol. The number of hydrazine groups is 1. The molecule has 0 radical (unpaired) electrons. The first-order valence-electron chi connectivity index (χ1n) is 12.6. The van der Waals surface area contributed by atoms with Gasteiger partial charge in [-0.3, -0.25) is 9.59 Å². The Bertz CT molecular complexity index is 1080. The Morgan fingerprint density at radius 3 is 1.66 bits per heavy atom. The summed E-state index contributed by atoms with van der Waals surface area (Å²) in [7, 11) is 0. The van der Waals surface area contributed by atoms with Crippen LogP contribution >= 0.6 is 0 Å². The van der Waals surface area contributed by atoms with E-state index in [9.17, 15) is 9.59 Å². The van der Waals surface area contributed by atoms with Gasteiger partial charge in [0.25, 0.3) is 11.8 Å². The van der Waals surface area contributed by atoms with E-state index in [2.05, 4.69) is 32.6 Å². The molecule has 2 amide bonds. The van der Waals surface area contributed by atoms with E-state index < -0.39 is 0 Å². The molecule has 35 heavy (non-hydrogen) atoms. The van der Waals surface area contributed by atoms with E-state index in [0.29, 0.717) is 22.9 Å². The van der Waals surface area contributed by atoms with Gasteiger partial charge in [-0.05, 0) is 68.2 Å². The molecule has 1 fully saturated rings. The van der Waals surface area contributed by atoms with Crippen LogP contribution in [0.5, 0.6) is 0 Å². The second kappa shape index (κ2) is 10.8. The van der Waals surface area contributed by atoms with Crippen molar-refractivity contribution < 1.29 is 9.59 Å². The molecule has 2 heterocycles. The number of para-hydroxylation sites is 2. The second-order valence-corrected chi connectivity index (χ2v) is 9.33. The Labute approximate surface area is 209 Å². The Morgan fingerprint density at radius 1 is 0.743 bits per heavy atom. The molecule has 2 aliphatic heterocycles. The van der Waals surface area contributed by atoms with Crippen LogP contribution in [-0.2, 0) is 9.59 Å². The number of nitrogens with zero attached hydrogens (tertiary/aromatic N) is 3. The van der Waals surface area contributed by atoms with Crippen LogP contribution in [0.15, 0.2) is 95.4 Å². The zero-order valence-corrected chi connectivity index (χ0v) is 21.2. The lowest BCUT2D eigenvalue weighted by Gasteiger charge is -2.33. The first-order valence-corrected chi connectivity index (χ1v) is 12.6. The first kappa shape index (κ1) is 24.5. The smallest absolute Gasteiger partial charge is 0.283 e. The van der Waals surface area contributed by atoms with Gasteiger partial charge in [0.2, 0.25) is 0 Å². The van der Waals surface area contributed by atoms with Gasteiger partial charge in [-0.1, -0.05) is 69.5 Å². The third kappa shape index (κ3) is 4.95. The summed E-state index contributed by atoms with van der Waals surface area (Å²) in [6.07, 6.45) is 8.77. The molecule has 1 saturated heterocycles. The standard InChI is InChI=1S/C30H35N3O2/c1-5-7-14-24(6-2)21-31-22(3)19-25(20-23(31)4)28-29(34)32(26-15-10-8-11-16-26)33(30(28)35)27-17-12-9-13-18-27/h8-13,15-20,24H,5-7,14,21H2,1-4H3. The van der Waals surface area contributed by atoms with Crippen molar-refractivity contribution in [3.63, 3.8) is 0 Å². The maximum atomic E-state index is 13.8. The summed E-state index contributed by atoms with van der Waals surface area (Å²) < 4.78 is 0. The van der Waals surface area contributed by atoms with E-state index in [-0.39, 0.29) is 17.4 Å². The number of hydrogen-bond donors (Lipinski definition) is 0. The Kier molecular flexibility index (Phi) is 7.54. The molecule has 182 valence electrons. The number of amides is 2. The molecule has 0 aliphatic carbocycles. The fourth-order valence-electron chi connectivity index (χ4n) is 4.87. The summed E-state index contributed by atoms with van der Waals surface area (Å²) in [5.74, 6) is -0.000269. The molecule has 0 bridgehead atoms. The summed E-state index contributed by atoms with van der Waals surface area (Å²) in [5, 5.41) is 2.97. The number of hydrogen-bond acceptors (Lipinski definition) is 3. The minimum Gasteiger partial charge on any atom is -0.349 e. The molecule has 0 N–H and O–H groups in total. The molecule has 2 aliphatic rings. The van der Waals surface area contributed by atoms with Crippen molar-refractivity contribution in [2.24, 2.45) is 5.92 Å². The maximum Gasteiger partial charge on any atom is 0.283 e. The average Bonchev–Trinajstić information content (AvgIpc) is 3.14. The van der Waals surface area contributed by atoms with Gasteiger partial charge in [0.15, 0.2) is 0 Å². The van der Waals surface area contributed by atoms with E-state index in [0.717, 1.165) is 24.4 Å². The molecular formula is C30H35N3O2. The van der Waals surface area contributed by atoms with Crippen molar-refractivity contribution in [1.29, 1.82) is 0 Å². The molecule has 5 heteroatoms. The molecule has 1 unspecified atom stereocenters. The predicted octanol–water partition coefficient (Wildman–Crippen LogP) is 6.62. The van der Waals surface area contributed by atoms with Gasteiger partial charge in [-0.25, -0.2) is 10.0 Å². The van der Waals surface area contributed by atoms with Crippen molar-refractivity contribution in [3.05, 3.63) is 95.4 Å². The predicted molar refractivity (Wildman–Crippen MR) is 142 cm³/mol. The molecule has 0 saturated carbocycles. The van der Waals surface area contributed by atoms with Gasteiger partial charge < -0.3 is 4.90 Å². The van der Waals surface area contributed by atoms with Crippen LogP contribution in [0.4, 0.5) is 11.4 Å². The molecule has 2 aromatic rings. The van der Waals surface area contributed by atoms with Crippen molar-refractivity contribution in [2.45, 2.75) is 53.4 Å². The second-order valence-electron chi connectivity index (χ2n) is 9.33. The van der Waals surface area contributed by atoms with Gasteiger partial charge in [0, 0.05) is 17.9 Å². The largest absolute Gasteiger partial charge is 0.349 e. The summed E-state index contributed by atoms with van der Waals surface area (Å²) in [4.78, 5) is 29.9. The third-order valence-corrected chi connectivity index (χ3v) is 6.87. The van der Waals surface area contributed by atoms with Crippen LogP contribution in [0.1, 0.15) is 53.4 Å². The van der Waals surface area contributed by atoms with Gasteiger partial charge in [0.05, 0.1) is 11.4 Å². The van der Waals surface area contributed by atoms with Crippen LogP contribution < -0.4 is 10.0 Å². The number of carbonyl (C=O) groups is 2. The Morgan fingerprint density at radius 2 is 1.23 bits per heavy atom. The lowest BCUT2D eigenvalue weighted by molar-refractivity contribution is -0.116. The van der Waals surface area contributed by atoms with Crippen LogP contribution in [0.3, 0.4) is 0 Å². The van der Waals surface area contributed by atoms with Crippen molar-refractivity contribution in [1.82, 2.24) is 4.90 Å². The molecule has 2 aromatic carbocycles. The molecule has 0 aromatic heterocycles. The summed E-state index contributed by atoms with van der Waals surface area (Å²) in [5.41, 5.74) is 4.32. The van der Waals surface area contributed by atoms with Crippen molar-refractivity contribution in [3.8, 4) is 0 Å². The van der Waals surface area contributed by atoms with E-state index in [1.165, 1.54) is 29.3 Å².